The summed E-state index contributed by atoms with van der Waals surface area (Å²) in [6.45, 7) is 5.84. The van der Waals surface area contributed by atoms with Crippen LogP contribution in [0.15, 0.2) is 9.59 Å². The van der Waals surface area contributed by atoms with Crippen molar-refractivity contribution >= 4 is 11.2 Å². The summed E-state index contributed by atoms with van der Waals surface area (Å²) >= 11 is 0. The number of hydrogen-bond acceptors (Lipinski definition) is 4. The second-order valence-corrected chi connectivity index (χ2v) is 5.13. The summed E-state index contributed by atoms with van der Waals surface area (Å²) in [4.78, 5) is 29.3. The Morgan fingerprint density at radius 2 is 1.90 bits per heavy atom. The largest absolute Gasteiger partial charge is 0.332 e. The molecule has 0 radical (unpaired) electrons. The molecule has 0 atom stereocenters. The molecule has 0 amide bonds. The van der Waals surface area contributed by atoms with Crippen LogP contribution in [0.1, 0.15) is 32.5 Å². The maximum Gasteiger partial charge on any atom is 0.332 e. The second-order valence-electron chi connectivity index (χ2n) is 5.13. The third-order valence-electron chi connectivity index (χ3n) is 3.70. The average molecular weight is 293 g/mol. The molecule has 0 aliphatic carbocycles. The molecule has 2 rings (SSSR count). The fourth-order valence-corrected chi connectivity index (χ4v) is 2.55. The van der Waals surface area contributed by atoms with Crippen LogP contribution in [0.25, 0.3) is 11.2 Å². The molecule has 1 N–H and O–H groups in total. The summed E-state index contributed by atoms with van der Waals surface area (Å²) in [5.41, 5.74) is 0.446. The van der Waals surface area contributed by atoms with Crippen LogP contribution in [0.3, 0.4) is 0 Å². The van der Waals surface area contributed by atoms with Crippen LogP contribution in [0.2, 0.25) is 0 Å². The number of unbranched alkanes of at least 4 members (excludes halogenated alkanes) is 1. The first-order chi connectivity index (χ1) is 10.1. The summed E-state index contributed by atoms with van der Waals surface area (Å²) in [6.07, 6.45) is 1.86. The van der Waals surface area contributed by atoms with Gasteiger partial charge >= 0.3 is 5.69 Å². The van der Waals surface area contributed by atoms with Gasteiger partial charge in [-0.3, -0.25) is 13.9 Å². The third kappa shape index (κ3) is 2.53. The normalized spacial score (nSPS) is 11.4. The van der Waals surface area contributed by atoms with E-state index in [2.05, 4.69) is 17.2 Å². The zero-order chi connectivity index (χ0) is 15.6. The first kappa shape index (κ1) is 15.5. The molecule has 2 aromatic heterocycles. The lowest BCUT2D eigenvalue weighted by atomic mass is 10.3. The Kier molecular flexibility index (Phi) is 4.62. The molecule has 0 spiro atoms. The van der Waals surface area contributed by atoms with Gasteiger partial charge in [-0.2, -0.15) is 0 Å². The Hall–Kier alpha value is -1.89. The number of rotatable bonds is 6. The molecule has 0 fully saturated rings. The van der Waals surface area contributed by atoms with E-state index < -0.39 is 0 Å². The Balaban J connectivity index is 2.84. The van der Waals surface area contributed by atoms with Crippen molar-refractivity contribution < 1.29 is 0 Å². The molecule has 21 heavy (non-hydrogen) atoms. The van der Waals surface area contributed by atoms with Gasteiger partial charge < -0.3 is 9.88 Å². The van der Waals surface area contributed by atoms with E-state index in [9.17, 15) is 9.59 Å². The molecule has 7 nitrogen and oxygen atoms in total. The maximum atomic E-state index is 12.4. The number of aryl methyl sites for hydroxylation is 2. The molecule has 0 saturated heterocycles. The molecule has 7 heteroatoms. The fourth-order valence-electron chi connectivity index (χ4n) is 2.55. The number of imidazole rings is 1. The van der Waals surface area contributed by atoms with Crippen molar-refractivity contribution in [2.24, 2.45) is 7.05 Å². The Morgan fingerprint density at radius 1 is 1.19 bits per heavy atom. The number of nitrogens with one attached hydrogen (secondary N) is 1. The summed E-state index contributed by atoms with van der Waals surface area (Å²) < 4.78 is 4.68. The standard InChI is InChI=1S/C14H23N5O2/c1-5-7-8-19-12-11(13(20)17(4)14(19)21)18(6-2)10(16-12)9-15-3/h15H,5-9H2,1-4H3. The topological polar surface area (TPSA) is 73.8 Å². The minimum absolute atomic E-state index is 0.278. The van der Waals surface area contributed by atoms with Crippen molar-refractivity contribution in [1.29, 1.82) is 0 Å². The minimum Gasteiger partial charge on any atom is -0.321 e. The van der Waals surface area contributed by atoms with Gasteiger partial charge in [-0.1, -0.05) is 13.3 Å². The summed E-state index contributed by atoms with van der Waals surface area (Å²) in [7, 11) is 3.36. The van der Waals surface area contributed by atoms with E-state index in [1.165, 1.54) is 11.6 Å². The predicted molar refractivity (Wildman–Crippen MR) is 82.6 cm³/mol. The summed E-state index contributed by atoms with van der Waals surface area (Å²) in [5, 5.41) is 3.05. The van der Waals surface area contributed by atoms with Crippen LogP contribution in [-0.4, -0.2) is 25.7 Å². The van der Waals surface area contributed by atoms with Crippen LogP contribution in [0.4, 0.5) is 0 Å². The molecular formula is C14H23N5O2. The van der Waals surface area contributed by atoms with E-state index in [0.29, 0.717) is 30.8 Å². The lowest BCUT2D eigenvalue weighted by molar-refractivity contribution is 0.583. The molecule has 0 aromatic carbocycles. The van der Waals surface area contributed by atoms with Gasteiger partial charge in [-0.25, -0.2) is 9.78 Å². The number of hydrogen-bond donors (Lipinski definition) is 1. The molecule has 2 aromatic rings. The Labute approximate surface area is 123 Å². The van der Waals surface area contributed by atoms with Crippen LogP contribution in [-0.2, 0) is 26.7 Å². The molecule has 0 unspecified atom stereocenters. The zero-order valence-corrected chi connectivity index (χ0v) is 13.1. The van der Waals surface area contributed by atoms with Crippen LogP contribution in [0.5, 0.6) is 0 Å². The molecule has 116 valence electrons. The Bertz CT molecular complexity index is 753. The highest BCUT2D eigenvalue weighted by Gasteiger charge is 2.18. The molecule has 0 bridgehead atoms. The van der Waals surface area contributed by atoms with Gasteiger partial charge in [0.05, 0.1) is 6.54 Å². The van der Waals surface area contributed by atoms with Gasteiger partial charge in [0.1, 0.15) is 5.82 Å². The lowest BCUT2D eigenvalue weighted by Gasteiger charge is -2.09. The van der Waals surface area contributed by atoms with Crippen LogP contribution in [0, 0.1) is 0 Å². The van der Waals surface area contributed by atoms with Crippen LogP contribution < -0.4 is 16.6 Å². The lowest BCUT2D eigenvalue weighted by Crippen LogP contribution is -2.38. The van der Waals surface area contributed by atoms with E-state index >= 15 is 0 Å². The van der Waals surface area contributed by atoms with Gasteiger partial charge in [-0.05, 0) is 20.4 Å². The Morgan fingerprint density at radius 3 is 2.48 bits per heavy atom. The van der Waals surface area contributed by atoms with E-state index in [1.807, 2.05) is 18.5 Å². The third-order valence-corrected chi connectivity index (χ3v) is 3.70. The molecule has 0 saturated carbocycles. The second kappa shape index (κ2) is 6.26. The van der Waals surface area contributed by atoms with E-state index in [4.69, 9.17) is 0 Å². The smallest absolute Gasteiger partial charge is 0.321 e. The highest BCUT2D eigenvalue weighted by Crippen LogP contribution is 2.12. The van der Waals surface area contributed by atoms with E-state index in [1.54, 1.807) is 4.57 Å². The highest BCUT2D eigenvalue weighted by atomic mass is 16.2. The highest BCUT2D eigenvalue weighted by molar-refractivity contribution is 5.71. The fraction of sp³-hybridized carbons (Fsp3) is 0.643. The average Bonchev–Trinajstić information content (AvgIpc) is 2.83. The maximum absolute atomic E-state index is 12.4. The minimum atomic E-state index is -0.294. The van der Waals surface area contributed by atoms with Crippen molar-refractivity contribution in [2.75, 3.05) is 7.05 Å². The van der Waals surface area contributed by atoms with E-state index in [-0.39, 0.29) is 11.2 Å². The van der Waals surface area contributed by atoms with Gasteiger partial charge in [0, 0.05) is 20.1 Å². The molecular weight excluding hydrogens is 270 g/mol. The zero-order valence-electron chi connectivity index (χ0n) is 13.1. The van der Waals surface area contributed by atoms with Crippen molar-refractivity contribution in [1.82, 2.24) is 24.0 Å². The van der Waals surface area contributed by atoms with Crippen molar-refractivity contribution in [3.8, 4) is 0 Å². The van der Waals surface area contributed by atoms with Crippen LogP contribution >= 0.6 is 0 Å². The van der Waals surface area contributed by atoms with E-state index in [0.717, 1.165) is 18.7 Å². The monoisotopic (exact) mass is 293 g/mol. The number of nitrogens with zero attached hydrogens (tertiary/aromatic N) is 4. The number of fused-ring (bicyclic) bond motifs is 1. The van der Waals surface area contributed by atoms with Gasteiger partial charge in [0.15, 0.2) is 11.2 Å². The molecule has 0 aliphatic rings. The van der Waals surface area contributed by atoms with Crippen molar-refractivity contribution in [3.05, 3.63) is 26.7 Å². The summed E-state index contributed by atoms with van der Waals surface area (Å²) in [5.74, 6) is 0.781. The summed E-state index contributed by atoms with van der Waals surface area (Å²) in [6, 6.07) is 0. The van der Waals surface area contributed by atoms with Gasteiger partial charge in [0.25, 0.3) is 5.56 Å². The quantitative estimate of drug-likeness (QED) is 0.838. The van der Waals surface area contributed by atoms with Gasteiger partial charge in [-0.15, -0.1) is 0 Å². The predicted octanol–water partition coefficient (Wildman–Crippen LogP) is 0.436. The first-order valence-electron chi connectivity index (χ1n) is 7.40. The molecule has 0 aliphatic heterocycles. The van der Waals surface area contributed by atoms with Gasteiger partial charge in [0.2, 0.25) is 0 Å². The molecule has 2 heterocycles. The number of aromatic nitrogens is 4. The first-order valence-corrected chi connectivity index (χ1v) is 7.40. The van der Waals surface area contributed by atoms with Crippen molar-refractivity contribution in [2.45, 2.75) is 46.3 Å². The van der Waals surface area contributed by atoms with Crippen molar-refractivity contribution in [3.63, 3.8) is 0 Å². The SMILES string of the molecule is CCCCn1c(=O)n(C)c(=O)c2c1nc(CNC)n2CC.